The van der Waals surface area contributed by atoms with E-state index in [-0.39, 0.29) is 18.8 Å². The summed E-state index contributed by atoms with van der Waals surface area (Å²) in [4.78, 5) is 11.9. The monoisotopic (exact) mass is 385 g/mol. The molecule has 0 unspecified atom stereocenters. The van der Waals surface area contributed by atoms with Gasteiger partial charge in [0, 0.05) is 5.92 Å². The summed E-state index contributed by atoms with van der Waals surface area (Å²) >= 11 is 0. The van der Waals surface area contributed by atoms with Gasteiger partial charge in [-0.25, -0.2) is 4.79 Å². The van der Waals surface area contributed by atoms with Crippen LogP contribution in [0.2, 0.25) is 0 Å². The lowest BCUT2D eigenvalue weighted by molar-refractivity contribution is 0.0697. The fraction of sp³-hybridized carbons (Fsp3) is 0.208. The van der Waals surface area contributed by atoms with Crippen molar-refractivity contribution in [2.24, 2.45) is 5.92 Å². The molecule has 6 rings (SSSR count). The number of hydrogen-bond donors (Lipinski definition) is 2. The molecule has 0 spiro atoms. The van der Waals surface area contributed by atoms with Crippen LogP contribution in [0.3, 0.4) is 0 Å². The Morgan fingerprint density at radius 1 is 0.966 bits per heavy atom. The lowest BCUT2D eigenvalue weighted by atomic mass is 9.75. The van der Waals surface area contributed by atoms with E-state index in [1.807, 2.05) is 18.2 Å². The van der Waals surface area contributed by atoms with Gasteiger partial charge in [0.1, 0.15) is 0 Å². The van der Waals surface area contributed by atoms with Crippen LogP contribution >= 0.6 is 0 Å². The summed E-state index contributed by atoms with van der Waals surface area (Å²) in [5, 5.41) is 13.4. The van der Waals surface area contributed by atoms with Gasteiger partial charge in [0.15, 0.2) is 11.5 Å². The molecule has 0 saturated heterocycles. The highest BCUT2D eigenvalue weighted by atomic mass is 16.7. The number of aromatic carboxylic acids is 1. The van der Waals surface area contributed by atoms with Gasteiger partial charge in [0.2, 0.25) is 6.79 Å². The third kappa shape index (κ3) is 2.37. The first-order valence-electron chi connectivity index (χ1n) is 9.81. The lowest BCUT2D eigenvalue weighted by Crippen LogP contribution is -2.31. The molecule has 0 bridgehead atoms. The minimum Gasteiger partial charge on any atom is -0.478 e. The van der Waals surface area contributed by atoms with Crippen molar-refractivity contribution in [1.29, 1.82) is 0 Å². The van der Waals surface area contributed by atoms with Crippen molar-refractivity contribution >= 4 is 11.7 Å². The van der Waals surface area contributed by atoms with Crippen LogP contribution in [0, 0.1) is 5.92 Å². The number of hydrogen-bond acceptors (Lipinski definition) is 4. The maximum absolute atomic E-state index is 11.9. The van der Waals surface area contributed by atoms with E-state index >= 15 is 0 Å². The second-order valence-corrected chi connectivity index (χ2v) is 7.85. The smallest absolute Gasteiger partial charge is 0.337 e. The Balaban J connectivity index is 1.54. The number of ether oxygens (including phenoxy) is 2. The molecule has 0 fully saturated rings. The molecular weight excluding hydrogens is 366 g/mol. The zero-order valence-electron chi connectivity index (χ0n) is 15.6. The summed E-state index contributed by atoms with van der Waals surface area (Å²) < 4.78 is 11.1. The summed E-state index contributed by atoms with van der Waals surface area (Å²) in [7, 11) is 0. The summed E-state index contributed by atoms with van der Waals surface area (Å²) in [6, 6.07) is 20.1. The molecule has 0 saturated carbocycles. The molecule has 3 atom stereocenters. The molecule has 1 aliphatic carbocycles. The Morgan fingerprint density at radius 3 is 2.69 bits per heavy atom. The first-order chi connectivity index (χ1) is 14.2. The number of fused-ring (bicyclic) bond motifs is 6. The van der Waals surface area contributed by atoms with E-state index in [9.17, 15) is 9.90 Å². The number of nitrogens with one attached hydrogen (secondary N) is 1. The molecule has 29 heavy (non-hydrogen) atoms. The van der Waals surface area contributed by atoms with Crippen LogP contribution < -0.4 is 14.8 Å². The van der Waals surface area contributed by atoms with Crippen molar-refractivity contribution in [3.63, 3.8) is 0 Å². The Labute approximate surface area is 167 Å². The third-order valence-electron chi connectivity index (χ3n) is 6.42. The van der Waals surface area contributed by atoms with Crippen LogP contribution in [0.5, 0.6) is 11.5 Å². The quantitative estimate of drug-likeness (QED) is 0.676. The van der Waals surface area contributed by atoms with Crippen LogP contribution in [0.1, 0.15) is 44.6 Å². The minimum atomic E-state index is -0.913. The number of rotatable bonds is 2. The Hall–Kier alpha value is -3.47. The molecule has 5 heteroatoms. The molecule has 144 valence electrons. The molecule has 2 aliphatic heterocycles. The van der Waals surface area contributed by atoms with Gasteiger partial charge in [0.25, 0.3) is 0 Å². The van der Waals surface area contributed by atoms with Crippen molar-refractivity contribution in [1.82, 2.24) is 0 Å². The second kappa shape index (κ2) is 6.01. The van der Waals surface area contributed by atoms with Gasteiger partial charge in [-0.2, -0.15) is 0 Å². The Morgan fingerprint density at radius 2 is 1.79 bits per heavy atom. The van der Waals surface area contributed by atoms with Crippen molar-refractivity contribution in [3.05, 3.63) is 88.5 Å². The minimum absolute atomic E-state index is 0.0186. The van der Waals surface area contributed by atoms with Crippen LogP contribution in [0.25, 0.3) is 0 Å². The predicted molar refractivity (Wildman–Crippen MR) is 108 cm³/mol. The molecule has 0 aromatic heterocycles. The van der Waals surface area contributed by atoms with Crippen molar-refractivity contribution < 1.29 is 19.4 Å². The number of carboxylic acids is 1. The van der Waals surface area contributed by atoms with Gasteiger partial charge in [-0.3, -0.25) is 0 Å². The summed E-state index contributed by atoms with van der Waals surface area (Å²) in [6.45, 7) is 0.236. The van der Waals surface area contributed by atoms with Crippen LogP contribution in [0.4, 0.5) is 5.69 Å². The van der Waals surface area contributed by atoms with Crippen LogP contribution in [0.15, 0.2) is 60.7 Å². The molecule has 0 amide bonds. The van der Waals surface area contributed by atoms with Gasteiger partial charge >= 0.3 is 5.97 Å². The molecule has 5 nitrogen and oxygen atoms in total. The second-order valence-electron chi connectivity index (χ2n) is 7.85. The zero-order valence-corrected chi connectivity index (χ0v) is 15.6. The third-order valence-corrected chi connectivity index (χ3v) is 6.42. The average molecular weight is 385 g/mol. The Kier molecular flexibility index (Phi) is 3.42. The van der Waals surface area contributed by atoms with E-state index in [1.165, 1.54) is 11.1 Å². The largest absolute Gasteiger partial charge is 0.478 e. The highest BCUT2D eigenvalue weighted by Gasteiger charge is 2.44. The number of carboxylic acid groups (broad SMARTS) is 1. The highest BCUT2D eigenvalue weighted by molar-refractivity contribution is 5.96. The van der Waals surface area contributed by atoms with E-state index in [1.54, 1.807) is 6.07 Å². The lowest BCUT2D eigenvalue weighted by Gasteiger charge is -2.38. The summed E-state index contributed by atoms with van der Waals surface area (Å²) in [5.41, 5.74) is 5.83. The van der Waals surface area contributed by atoms with Crippen molar-refractivity contribution in [2.75, 3.05) is 12.1 Å². The zero-order chi connectivity index (χ0) is 19.5. The van der Waals surface area contributed by atoms with E-state index in [0.717, 1.165) is 34.7 Å². The standard InChI is InChI=1S/C24H19NO4/c26-24(27)17-7-3-6-16-21-15-5-2-1-4-13(15)10-18(21)22(25-23(16)17)14-8-9-19-20(11-14)29-12-28-19/h1-9,11,18,21-22,25H,10,12H2,(H,26,27)/t18-,21-,22-/m1/s1. The molecular formula is C24H19NO4. The maximum Gasteiger partial charge on any atom is 0.337 e. The highest BCUT2D eigenvalue weighted by Crippen LogP contribution is 2.55. The van der Waals surface area contributed by atoms with E-state index < -0.39 is 5.97 Å². The summed E-state index contributed by atoms with van der Waals surface area (Å²) in [5.74, 6) is 1.04. The molecule has 3 aromatic rings. The van der Waals surface area contributed by atoms with Gasteiger partial charge in [-0.05, 0) is 52.8 Å². The number of benzene rings is 3. The fourth-order valence-electron chi connectivity index (χ4n) is 5.20. The molecule has 3 aromatic carbocycles. The maximum atomic E-state index is 11.9. The number of carbonyl (C=O) groups is 1. The fourth-order valence-corrected chi connectivity index (χ4v) is 5.20. The van der Waals surface area contributed by atoms with Gasteiger partial charge in [-0.15, -0.1) is 0 Å². The van der Waals surface area contributed by atoms with Crippen molar-refractivity contribution in [3.8, 4) is 11.5 Å². The normalized spacial score (nSPS) is 23.0. The first-order valence-corrected chi connectivity index (χ1v) is 9.81. The molecule has 2 N–H and O–H groups in total. The topological polar surface area (TPSA) is 67.8 Å². The van der Waals surface area contributed by atoms with Crippen LogP contribution in [-0.4, -0.2) is 17.9 Å². The van der Waals surface area contributed by atoms with Gasteiger partial charge in [0.05, 0.1) is 17.3 Å². The number of para-hydroxylation sites is 1. The molecule has 3 aliphatic rings. The number of anilines is 1. The van der Waals surface area contributed by atoms with E-state index in [2.05, 4.69) is 41.7 Å². The first kappa shape index (κ1) is 16.5. The van der Waals surface area contributed by atoms with E-state index in [4.69, 9.17) is 9.47 Å². The Bertz CT molecular complexity index is 1160. The van der Waals surface area contributed by atoms with Gasteiger partial charge in [-0.1, -0.05) is 42.5 Å². The van der Waals surface area contributed by atoms with Crippen LogP contribution in [-0.2, 0) is 6.42 Å². The molecule has 0 radical (unpaired) electrons. The SMILES string of the molecule is O=C(O)c1cccc2c1N[C@H](c1ccc3c(c1)OCO3)[C@@H]1Cc3ccccc3[C@H]21. The average Bonchev–Trinajstić information content (AvgIpc) is 3.36. The predicted octanol–water partition coefficient (Wildman–Crippen LogP) is 4.58. The van der Waals surface area contributed by atoms with E-state index in [0.29, 0.717) is 11.5 Å². The molecule has 2 heterocycles. The van der Waals surface area contributed by atoms with Crippen molar-refractivity contribution in [2.45, 2.75) is 18.4 Å². The summed E-state index contributed by atoms with van der Waals surface area (Å²) in [6.07, 6.45) is 0.948. The van der Waals surface area contributed by atoms with Gasteiger partial charge < -0.3 is 19.9 Å².